The topological polar surface area (TPSA) is 110 Å². The zero-order valence-corrected chi connectivity index (χ0v) is 13.2. The van der Waals surface area contributed by atoms with Crippen molar-refractivity contribution in [2.75, 3.05) is 0 Å². The molecule has 3 aromatic rings. The van der Waals surface area contributed by atoms with E-state index in [0.717, 1.165) is 16.5 Å². The molecule has 1 atom stereocenters. The molecule has 0 aliphatic heterocycles. The van der Waals surface area contributed by atoms with Gasteiger partial charge >= 0.3 is 5.97 Å². The minimum Gasteiger partial charge on any atom is -0.476 e. The number of hydrogen-bond acceptors (Lipinski definition) is 5. The van der Waals surface area contributed by atoms with E-state index in [-0.39, 0.29) is 24.2 Å². The van der Waals surface area contributed by atoms with E-state index in [4.69, 9.17) is 9.52 Å². The molecule has 0 bridgehead atoms. The van der Waals surface area contributed by atoms with Crippen molar-refractivity contribution >= 4 is 22.8 Å². The van der Waals surface area contributed by atoms with Gasteiger partial charge in [0.25, 0.3) is 0 Å². The molecule has 2 heterocycles. The fourth-order valence-electron chi connectivity index (χ4n) is 2.58. The summed E-state index contributed by atoms with van der Waals surface area (Å²) in [6.45, 7) is 3.65. The molecule has 124 valence electrons. The Balaban J connectivity index is 1.70. The number of aromatic nitrogens is 3. The van der Waals surface area contributed by atoms with E-state index in [2.05, 4.69) is 15.6 Å². The smallest absolute Gasteiger partial charge is 0.358 e. The van der Waals surface area contributed by atoms with Gasteiger partial charge in [0.2, 0.25) is 5.91 Å². The third-order valence-corrected chi connectivity index (χ3v) is 3.71. The third kappa shape index (κ3) is 2.98. The van der Waals surface area contributed by atoms with Crippen LogP contribution in [0.3, 0.4) is 0 Å². The summed E-state index contributed by atoms with van der Waals surface area (Å²) in [4.78, 5) is 22.9. The summed E-state index contributed by atoms with van der Waals surface area (Å²) < 4.78 is 7.00. The summed E-state index contributed by atoms with van der Waals surface area (Å²) in [5.41, 5.74) is 1.55. The zero-order chi connectivity index (χ0) is 17.3. The van der Waals surface area contributed by atoms with Crippen molar-refractivity contribution in [2.24, 2.45) is 0 Å². The number of carbonyl (C=O) groups excluding carboxylic acids is 1. The monoisotopic (exact) mass is 328 g/mol. The molecule has 8 heteroatoms. The van der Waals surface area contributed by atoms with Gasteiger partial charge in [-0.3, -0.25) is 4.79 Å². The lowest BCUT2D eigenvalue weighted by Gasteiger charge is -2.12. The lowest BCUT2D eigenvalue weighted by atomic mass is 10.1. The number of nitrogens with one attached hydrogen (secondary N) is 1. The van der Waals surface area contributed by atoms with Crippen molar-refractivity contribution in [3.63, 3.8) is 0 Å². The number of para-hydroxylation sites is 1. The van der Waals surface area contributed by atoms with Crippen molar-refractivity contribution in [1.82, 2.24) is 20.3 Å². The molecule has 2 N–H and O–H groups in total. The van der Waals surface area contributed by atoms with Gasteiger partial charge in [0.05, 0.1) is 12.2 Å². The van der Waals surface area contributed by atoms with Crippen molar-refractivity contribution in [3.05, 3.63) is 47.5 Å². The predicted molar refractivity (Wildman–Crippen MR) is 84.5 cm³/mol. The minimum absolute atomic E-state index is 0.121. The van der Waals surface area contributed by atoms with Crippen LogP contribution in [0.5, 0.6) is 0 Å². The average Bonchev–Trinajstić information content (AvgIpc) is 3.13. The summed E-state index contributed by atoms with van der Waals surface area (Å²) in [6, 6.07) is 7.34. The molecule has 24 heavy (non-hydrogen) atoms. The second kappa shape index (κ2) is 6.15. The third-order valence-electron chi connectivity index (χ3n) is 3.71. The van der Waals surface area contributed by atoms with Gasteiger partial charge in [0.1, 0.15) is 17.9 Å². The van der Waals surface area contributed by atoms with Crippen LogP contribution in [0.25, 0.3) is 11.0 Å². The first-order chi connectivity index (χ1) is 11.5. The number of aromatic carboxylic acids is 1. The summed E-state index contributed by atoms with van der Waals surface area (Å²) in [5, 5.41) is 19.7. The summed E-state index contributed by atoms with van der Waals surface area (Å²) in [7, 11) is 0. The fourth-order valence-corrected chi connectivity index (χ4v) is 2.58. The molecule has 8 nitrogen and oxygen atoms in total. The van der Waals surface area contributed by atoms with Crippen LogP contribution in [0.2, 0.25) is 0 Å². The molecule has 0 saturated carbocycles. The maximum atomic E-state index is 12.1. The van der Waals surface area contributed by atoms with Gasteiger partial charge < -0.3 is 14.8 Å². The number of carboxylic acids is 1. The normalized spacial score (nSPS) is 12.2. The number of rotatable bonds is 5. The highest BCUT2D eigenvalue weighted by Crippen LogP contribution is 2.29. The van der Waals surface area contributed by atoms with Crippen molar-refractivity contribution in [1.29, 1.82) is 0 Å². The molecule has 3 rings (SSSR count). The second-order valence-corrected chi connectivity index (χ2v) is 5.48. The Morgan fingerprint density at radius 2 is 2.12 bits per heavy atom. The largest absolute Gasteiger partial charge is 0.476 e. The van der Waals surface area contributed by atoms with Gasteiger partial charge in [0, 0.05) is 10.9 Å². The highest BCUT2D eigenvalue weighted by atomic mass is 16.4. The number of carboxylic acid groups (broad SMARTS) is 1. The number of fused-ring (bicyclic) bond motifs is 1. The van der Waals surface area contributed by atoms with Gasteiger partial charge in [-0.2, -0.15) is 0 Å². The average molecular weight is 328 g/mol. The Morgan fingerprint density at radius 1 is 1.38 bits per heavy atom. The van der Waals surface area contributed by atoms with Crippen molar-refractivity contribution in [3.8, 4) is 0 Å². The lowest BCUT2D eigenvalue weighted by Crippen LogP contribution is -2.30. The van der Waals surface area contributed by atoms with Gasteiger partial charge in [-0.05, 0) is 19.9 Å². The van der Waals surface area contributed by atoms with Crippen molar-refractivity contribution < 1.29 is 19.1 Å². The van der Waals surface area contributed by atoms with E-state index >= 15 is 0 Å². The zero-order valence-electron chi connectivity index (χ0n) is 13.2. The van der Waals surface area contributed by atoms with Crippen LogP contribution in [0.1, 0.15) is 34.8 Å². The van der Waals surface area contributed by atoms with Gasteiger partial charge in [-0.1, -0.05) is 23.4 Å². The molecule has 0 radical (unpaired) electrons. The molecular weight excluding hydrogens is 312 g/mol. The molecule has 1 aromatic carbocycles. The van der Waals surface area contributed by atoms with E-state index in [1.54, 1.807) is 0 Å². The number of nitrogens with zero attached hydrogens (tertiary/aromatic N) is 3. The Hall–Kier alpha value is -3.16. The van der Waals surface area contributed by atoms with Gasteiger partial charge in [-0.25, -0.2) is 9.48 Å². The Bertz CT molecular complexity index is 912. The van der Waals surface area contributed by atoms with Crippen LogP contribution in [0, 0.1) is 6.92 Å². The van der Waals surface area contributed by atoms with Crippen LogP contribution < -0.4 is 5.32 Å². The number of furan rings is 1. The number of aryl methyl sites for hydroxylation is 1. The van der Waals surface area contributed by atoms with E-state index in [9.17, 15) is 9.59 Å². The molecule has 0 fully saturated rings. The summed E-state index contributed by atoms with van der Waals surface area (Å²) >= 11 is 0. The van der Waals surface area contributed by atoms with E-state index in [1.807, 2.05) is 38.1 Å². The molecule has 1 amide bonds. The van der Waals surface area contributed by atoms with Crippen LogP contribution in [-0.4, -0.2) is 32.0 Å². The second-order valence-electron chi connectivity index (χ2n) is 5.48. The Labute approximate surface area is 137 Å². The van der Waals surface area contributed by atoms with E-state index < -0.39 is 5.97 Å². The molecule has 0 saturated heterocycles. The number of carbonyl (C=O) groups is 2. The quantitative estimate of drug-likeness (QED) is 0.740. The summed E-state index contributed by atoms with van der Waals surface area (Å²) in [6.07, 6.45) is 1.21. The van der Waals surface area contributed by atoms with Crippen molar-refractivity contribution in [2.45, 2.75) is 26.4 Å². The van der Waals surface area contributed by atoms with Crippen LogP contribution >= 0.6 is 0 Å². The predicted octanol–water partition coefficient (Wildman–Crippen LogP) is 1.91. The van der Waals surface area contributed by atoms with Crippen LogP contribution in [0.15, 0.2) is 34.9 Å². The number of amides is 1. The first-order valence-corrected chi connectivity index (χ1v) is 7.36. The minimum atomic E-state index is -1.19. The first-order valence-electron chi connectivity index (χ1n) is 7.36. The highest BCUT2D eigenvalue weighted by molar-refractivity contribution is 5.85. The molecule has 0 spiro atoms. The SMILES string of the molecule is Cc1c([C@@H](C)NC(=O)Cn2cc(C(=O)O)nn2)oc2ccccc12. The lowest BCUT2D eigenvalue weighted by molar-refractivity contribution is -0.122. The molecular formula is C16H16N4O4. The van der Waals surface area contributed by atoms with Gasteiger partial charge in [-0.15, -0.1) is 5.10 Å². The number of benzene rings is 1. The van der Waals surface area contributed by atoms with E-state index in [1.165, 1.54) is 10.9 Å². The molecule has 0 unspecified atom stereocenters. The maximum Gasteiger partial charge on any atom is 0.358 e. The molecule has 0 aliphatic rings. The standard InChI is InChI=1S/C16H16N4O4/c1-9-11-5-3-4-6-13(11)24-15(9)10(2)17-14(21)8-20-7-12(16(22)23)18-19-20/h3-7,10H,8H2,1-2H3,(H,17,21)(H,22,23)/t10-/m1/s1. The first kappa shape index (κ1) is 15.7. The fraction of sp³-hybridized carbons (Fsp3) is 0.250. The number of hydrogen-bond donors (Lipinski definition) is 2. The van der Waals surface area contributed by atoms with Crippen LogP contribution in [0.4, 0.5) is 0 Å². The summed E-state index contributed by atoms with van der Waals surface area (Å²) in [5.74, 6) is -0.813. The van der Waals surface area contributed by atoms with E-state index in [0.29, 0.717) is 5.76 Å². The Kier molecular flexibility index (Phi) is 4.03. The highest BCUT2D eigenvalue weighted by Gasteiger charge is 2.19. The van der Waals surface area contributed by atoms with Crippen LogP contribution in [-0.2, 0) is 11.3 Å². The molecule has 0 aliphatic carbocycles. The molecule has 2 aromatic heterocycles. The van der Waals surface area contributed by atoms with Gasteiger partial charge in [0.15, 0.2) is 5.69 Å². The maximum absolute atomic E-state index is 12.1. The Morgan fingerprint density at radius 3 is 2.79 bits per heavy atom.